The predicted molar refractivity (Wildman–Crippen MR) is 99.9 cm³/mol. The second-order valence-electron chi connectivity index (χ2n) is 5.97. The van der Waals surface area contributed by atoms with E-state index in [1.807, 2.05) is 37.3 Å². The minimum absolute atomic E-state index is 0.402. The Morgan fingerprint density at radius 2 is 1.88 bits per heavy atom. The largest absolute Gasteiger partial charge is 0.292 e. The van der Waals surface area contributed by atoms with E-state index in [2.05, 4.69) is 20.9 Å². The van der Waals surface area contributed by atoms with Gasteiger partial charge in [0.1, 0.15) is 10.7 Å². The molecular weight excluding hydrogens is 407 g/mol. The zero-order chi connectivity index (χ0) is 18.2. The summed E-state index contributed by atoms with van der Waals surface area (Å²) >= 11 is 3.48. The van der Waals surface area contributed by atoms with E-state index in [9.17, 15) is 12.8 Å². The Kier molecular flexibility index (Phi) is 4.66. The Hall–Kier alpha value is -1.83. The molecule has 1 aliphatic heterocycles. The number of primary sulfonamides is 1. The summed E-state index contributed by atoms with van der Waals surface area (Å²) < 4.78 is 38.3. The lowest BCUT2D eigenvalue weighted by Gasteiger charge is -2.32. The van der Waals surface area contributed by atoms with Gasteiger partial charge < -0.3 is 0 Å². The monoisotopic (exact) mass is 422 g/mol. The van der Waals surface area contributed by atoms with E-state index < -0.39 is 26.2 Å². The first-order valence-corrected chi connectivity index (χ1v) is 9.85. The van der Waals surface area contributed by atoms with Gasteiger partial charge >= 0.3 is 0 Å². The highest BCUT2D eigenvalue weighted by Gasteiger charge is 2.34. The van der Waals surface area contributed by atoms with Crippen LogP contribution in [0.2, 0.25) is 0 Å². The molecule has 0 bridgehead atoms. The van der Waals surface area contributed by atoms with Gasteiger partial charge in [-0.25, -0.2) is 17.9 Å². The molecule has 130 valence electrons. The van der Waals surface area contributed by atoms with E-state index in [4.69, 9.17) is 5.14 Å². The topological polar surface area (TPSA) is 72.5 Å². The smallest absolute Gasteiger partial charge is 0.240 e. The maximum Gasteiger partial charge on any atom is 0.240 e. The first kappa shape index (κ1) is 18.0. The molecule has 1 heterocycles. The first-order chi connectivity index (χ1) is 11.7. The van der Waals surface area contributed by atoms with Crippen LogP contribution in [-0.2, 0) is 15.4 Å². The molecule has 0 saturated carbocycles. The van der Waals surface area contributed by atoms with Crippen LogP contribution in [0.4, 0.5) is 4.39 Å². The molecule has 2 N–H and O–H groups in total. The molecule has 4 nitrogen and oxygen atoms in total. The molecule has 1 atom stereocenters. The molecule has 0 amide bonds. The zero-order valence-electron chi connectivity index (χ0n) is 13.4. The van der Waals surface area contributed by atoms with Crippen molar-refractivity contribution in [2.24, 2.45) is 10.1 Å². The molecule has 0 fully saturated rings. The van der Waals surface area contributed by atoms with Gasteiger partial charge in [-0.3, -0.25) is 4.99 Å². The van der Waals surface area contributed by atoms with Crippen molar-refractivity contribution in [2.45, 2.75) is 17.2 Å². The molecular formula is C18H16BrFN2O2S. The van der Waals surface area contributed by atoms with Crippen LogP contribution >= 0.6 is 15.9 Å². The van der Waals surface area contributed by atoms with Gasteiger partial charge in [-0.2, -0.15) is 0 Å². The summed E-state index contributed by atoms with van der Waals surface area (Å²) in [5, 5.41) is 5.06. The molecule has 1 unspecified atom stereocenters. The summed E-state index contributed by atoms with van der Waals surface area (Å²) in [7, 11) is -4.11. The minimum Gasteiger partial charge on any atom is -0.292 e. The van der Waals surface area contributed by atoms with Crippen LogP contribution in [0.3, 0.4) is 0 Å². The molecule has 2 aromatic carbocycles. The van der Waals surface area contributed by atoms with Gasteiger partial charge in [-0.1, -0.05) is 40.2 Å². The molecule has 3 rings (SSSR count). The van der Waals surface area contributed by atoms with E-state index in [0.29, 0.717) is 12.1 Å². The number of halogens is 2. The highest BCUT2D eigenvalue weighted by molar-refractivity contribution is 9.10. The van der Waals surface area contributed by atoms with Crippen LogP contribution in [0, 0.1) is 12.7 Å². The third-order valence-corrected chi connectivity index (χ3v) is 6.17. The summed E-state index contributed by atoms with van der Waals surface area (Å²) in [4.78, 5) is 3.84. The average Bonchev–Trinajstić information content (AvgIpc) is 2.56. The fraction of sp³-hybridized carbons (Fsp3) is 0.167. The van der Waals surface area contributed by atoms with E-state index in [1.165, 1.54) is 12.1 Å². The Morgan fingerprint density at radius 3 is 2.44 bits per heavy atom. The number of nitrogens with two attached hydrogens (primary N) is 1. The lowest BCUT2D eigenvalue weighted by Crippen LogP contribution is -2.31. The van der Waals surface area contributed by atoms with Gasteiger partial charge in [0.25, 0.3) is 0 Å². The molecule has 0 aromatic heterocycles. The van der Waals surface area contributed by atoms with E-state index >= 15 is 0 Å². The number of allylic oxidation sites excluding steroid dienone is 1. The SMILES string of the molecule is Cc1cc(C2(c3ccc(S(N)(=O)=O)c(F)c3)C=CC=NC2)ccc1Br. The summed E-state index contributed by atoms with van der Waals surface area (Å²) in [5.41, 5.74) is 1.94. The average molecular weight is 423 g/mol. The molecule has 0 aliphatic carbocycles. The van der Waals surface area contributed by atoms with Crippen LogP contribution in [0.25, 0.3) is 0 Å². The molecule has 0 radical (unpaired) electrons. The van der Waals surface area contributed by atoms with Gasteiger partial charge in [-0.15, -0.1) is 0 Å². The van der Waals surface area contributed by atoms with Crippen LogP contribution in [0.15, 0.2) is 62.9 Å². The summed E-state index contributed by atoms with van der Waals surface area (Å²) in [5.74, 6) is -0.865. The number of rotatable bonds is 3. The summed E-state index contributed by atoms with van der Waals surface area (Å²) in [6.45, 7) is 2.38. The number of hydrogen-bond donors (Lipinski definition) is 1. The van der Waals surface area contributed by atoms with E-state index in [0.717, 1.165) is 15.6 Å². The van der Waals surface area contributed by atoms with Crippen molar-refractivity contribution in [1.82, 2.24) is 0 Å². The van der Waals surface area contributed by atoms with E-state index in [1.54, 1.807) is 12.3 Å². The van der Waals surface area contributed by atoms with Gasteiger partial charge in [0.15, 0.2) is 0 Å². The Morgan fingerprint density at radius 1 is 1.20 bits per heavy atom. The maximum atomic E-state index is 14.4. The van der Waals surface area contributed by atoms with Gasteiger partial charge in [0, 0.05) is 10.7 Å². The lowest BCUT2D eigenvalue weighted by molar-refractivity contribution is 0.561. The van der Waals surface area contributed by atoms with Crippen LogP contribution in [-0.4, -0.2) is 21.2 Å². The number of aryl methyl sites for hydroxylation is 1. The molecule has 25 heavy (non-hydrogen) atoms. The molecule has 0 saturated heterocycles. The van der Waals surface area contributed by atoms with Gasteiger partial charge in [0.05, 0.1) is 12.0 Å². The normalized spacial score (nSPS) is 20.0. The molecule has 1 aliphatic rings. The number of nitrogens with zero attached hydrogens (tertiary/aromatic N) is 1. The summed E-state index contributed by atoms with van der Waals surface area (Å²) in [6, 6.07) is 9.93. The number of hydrogen-bond acceptors (Lipinski definition) is 3. The fourth-order valence-corrected chi connectivity index (χ4v) is 3.83. The maximum absolute atomic E-state index is 14.4. The third-order valence-electron chi connectivity index (χ3n) is 4.34. The zero-order valence-corrected chi connectivity index (χ0v) is 15.8. The number of sulfonamides is 1. The first-order valence-electron chi connectivity index (χ1n) is 7.51. The van der Waals surface area contributed by atoms with Crippen molar-refractivity contribution < 1.29 is 12.8 Å². The fourth-order valence-electron chi connectivity index (χ4n) is 2.99. The van der Waals surface area contributed by atoms with Crippen molar-refractivity contribution in [3.05, 3.63) is 75.5 Å². The van der Waals surface area contributed by atoms with E-state index in [-0.39, 0.29) is 0 Å². The Bertz CT molecular complexity index is 1000. The van der Waals surface area contributed by atoms with Crippen LogP contribution in [0.1, 0.15) is 16.7 Å². The number of aliphatic imine (C=N–C) groups is 1. The van der Waals surface area contributed by atoms with Crippen molar-refractivity contribution >= 4 is 32.2 Å². The minimum atomic E-state index is -4.11. The molecule has 0 spiro atoms. The standard InChI is InChI=1S/C18H16BrFN2O2S/c1-12-9-13(3-5-15(12)19)18(7-2-8-22-11-18)14-4-6-17(16(20)10-14)25(21,23)24/h2-10H,11H2,1H3,(H2,21,23,24). The molecule has 7 heteroatoms. The van der Waals surface area contributed by atoms with Crippen molar-refractivity contribution in [3.63, 3.8) is 0 Å². The Labute approximate surface area is 154 Å². The van der Waals surface area contributed by atoms with Crippen molar-refractivity contribution in [1.29, 1.82) is 0 Å². The van der Waals surface area contributed by atoms with Crippen molar-refractivity contribution in [2.75, 3.05) is 6.54 Å². The third kappa shape index (κ3) is 3.31. The Balaban J connectivity index is 2.20. The number of dihydropyridines is 1. The highest BCUT2D eigenvalue weighted by atomic mass is 79.9. The second kappa shape index (κ2) is 6.48. The predicted octanol–water partition coefficient (Wildman–Crippen LogP) is 3.47. The lowest BCUT2D eigenvalue weighted by atomic mass is 9.73. The van der Waals surface area contributed by atoms with Crippen molar-refractivity contribution in [3.8, 4) is 0 Å². The summed E-state index contributed by atoms with van der Waals surface area (Å²) in [6.07, 6.45) is 5.46. The van der Waals surface area contributed by atoms with Crippen LogP contribution in [0.5, 0.6) is 0 Å². The van der Waals surface area contributed by atoms with Crippen LogP contribution < -0.4 is 5.14 Å². The molecule has 2 aromatic rings. The highest BCUT2D eigenvalue weighted by Crippen LogP contribution is 2.38. The quantitative estimate of drug-likeness (QED) is 0.821. The van der Waals surface area contributed by atoms with Gasteiger partial charge in [0.2, 0.25) is 10.0 Å². The second-order valence-corrected chi connectivity index (χ2v) is 8.36. The number of benzene rings is 2. The van der Waals surface area contributed by atoms with Gasteiger partial charge in [-0.05, 0) is 47.9 Å².